The molecular weight excluding hydrogens is 280 g/mol. The number of nitriles is 1. The SMILES string of the molecule is CCOC1CC(Nc2ccc(C#N)cc2Br)C1. The van der Waals surface area contributed by atoms with Crippen molar-refractivity contribution in [2.75, 3.05) is 11.9 Å². The lowest BCUT2D eigenvalue weighted by atomic mass is 9.89. The Balaban J connectivity index is 1.91. The summed E-state index contributed by atoms with van der Waals surface area (Å²) < 4.78 is 6.46. The number of anilines is 1. The normalized spacial score (nSPS) is 22.6. The van der Waals surface area contributed by atoms with E-state index in [1.807, 2.05) is 25.1 Å². The summed E-state index contributed by atoms with van der Waals surface area (Å²) in [5, 5.41) is 12.2. The molecule has 1 aliphatic carbocycles. The molecule has 1 N–H and O–H groups in total. The number of nitrogens with one attached hydrogen (secondary N) is 1. The minimum absolute atomic E-state index is 0.412. The Hall–Kier alpha value is -1.05. The van der Waals surface area contributed by atoms with Gasteiger partial charge in [0, 0.05) is 22.8 Å². The number of benzene rings is 1. The molecule has 1 aliphatic rings. The summed E-state index contributed by atoms with van der Waals surface area (Å²) in [5.74, 6) is 0. The molecule has 3 nitrogen and oxygen atoms in total. The van der Waals surface area contributed by atoms with Gasteiger partial charge in [-0.25, -0.2) is 0 Å². The number of hydrogen-bond acceptors (Lipinski definition) is 3. The smallest absolute Gasteiger partial charge is 0.0992 e. The molecule has 0 saturated heterocycles. The molecule has 0 spiro atoms. The van der Waals surface area contributed by atoms with Crippen LogP contribution in [0.2, 0.25) is 0 Å². The Morgan fingerprint density at radius 2 is 2.29 bits per heavy atom. The lowest BCUT2D eigenvalue weighted by Gasteiger charge is -2.36. The molecule has 1 saturated carbocycles. The number of nitrogens with zero attached hydrogens (tertiary/aromatic N) is 1. The number of hydrogen-bond donors (Lipinski definition) is 1. The van der Waals surface area contributed by atoms with Crippen LogP contribution in [0.15, 0.2) is 22.7 Å². The van der Waals surface area contributed by atoms with Gasteiger partial charge < -0.3 is 10.1 Å². The fraction of sp³-hybridized carbons (Fsp3) is 0.462. The van der Waals surface area contributed by atoms with Crippen molar-refractivity contribution in [2.45, 2.75) is 31.9 Å². The average molecular weight is 295 g/mol. The van der Waals surface area contributed by atoms with Crippen molar-refractivity contribution < 1.29 is 4.74 Å². The summed E-state index contributed by atoms with van der Waals surface area (Å²) in [5.41, 5.74) is 1.71. The van der Waals surface area contributed by atoms with E-state index in [2.05, 4.69) is 27.3 Å². The molecule has 90 valence electrons. The van der Waals surface area contributed by atoms with Crippen LogP contribution in [0.1, 0.15) is 25.3 Å². The molecule has 1 aromatic carbocycles. The van der Waals surface area contributed by atoms with Gasteiger partial charge in [0.15, 0.2) is 0 Å². The predicted octanol–water partition coefficient (Wildman–Crippen LogP) is 3.30. The first-order valence-corrected chi connectivity index (χ1v) is 6.60. The first-order valence-electron chi connectivity index (χ1n) is 5.80. The highest BCUT2D eigenvalue weighted by atomic mass is 79.9. The molecule has 0 aromatic heterocycles. The molecule has 17 heavy (non-hydrogen) atoms. The Morgan fingerprint density at radius 3 is 2.88 bits per heavy atom. The number of rotatable bonds is 4. The molecule has 0 unspecified atom stereocenters. The van der Waals surface area contributed by atoms with Crippen molar-refractivity contribution in [1.82, 2.24) is 0 Å². The summed E-state index contributed by atoms with van der Waals surface area (Å²) in [6.45, 7) is 2.82. The number of halogens is 1. The van der Waals surface area contributed by atoms with Gasteiger partial charge in [0.25, 0.3) is 0 Å². The first-order chi connectivity index (χ1) is 8.22. The molecule has 0 radical (unpaired) electrons. The van der Waals surface area contributed by atoms with Gasteiger partial charge in [-0.3, -0.25) is 0 Å². The van der Waals surface area contributed by atoms with E-state index in [9.17, 15) is 0 Å². The van der Waals surface area contributed by atoms with Crippen molar-refractivity contribution in [2.24, 2.45) is 0 Å². The van der Waals surface area contributed by atoms with Crippen molar-refractivity contribution in [1.29, 1.82) is 5.26 Å². The zero-order valence-electron chi connectivity index (χ0n) is 9.74. The predicted molar refractivity (Wildman–Crippen MR) is 70.9 cm³/mol. The van der Waals surface area contributed by atoms with Crippen LogP contribution in [-0.2, 0) is 4.74 Å². The minimum Gasteiger partial charge on any atom is -0.381 e. The van der Waals surface area contributed by atoms with Crippen LogP contribution in [0.3, 0.4) is 0 Å². The van der Waals surface area contributed by atoms with Gasteiger partial charge >= 0.3 is 0 Å². The van der Waals surface area contributed by atoms with E-state index in [-0.39, 0.29) is 0 Å². The third kappa shape index (κ3) is 2.99. The van der Waals surface area contributed by atoms with Crippen molar-refractivity contribution in [3.63, 3.8) is 0 Å². The summed E-state index contributed by atoms with van der Waals surface area (Å²) in [6, 6.07) is 8.21. The van der Waals surface area contributed by atoms with Crippen molar-refractivity contribution in [3.05, 3.63) is 28.2 Å². The molecule has 0 atom stereocenters. The summed E-state index contributed by atoms with van der Waals surface area (Å²) in [7, 11) is 0. The van der Waals surface area contributed by atoms with Crippen LogP contribution in [0.4, 0.5) is 5.69 Å². The largest absolute Gasteiger partial charge is 0.381 e. The Morgan fingerprint density at radius 1 is 1.53 bits per heavy atom. The molecule has 4 heteroatoms. The van der Waals surface area contributed by atoms with Crippen LogP contribution in [0, 0.1) is 11.3 Å². The highest BCUT2D eigenvalue weighted by molar-refractivity contribution is 9.10. The zero-order chi connectivity index (χ0) is 12.3. The highest BCUT2D eigenvalue weighted by Gasteiger charge is 2.29. The van der Waals surface area contributed by atoms with Gasteiger partial charge in [0.05, 0.1) is 17.7 Å². The highest BCUT2D eigenvalue weighted by Crippen LogP contribution is 2.30. The molecule has 1 fully saturated rings. The van der Waals surface area contributed by atoms with Crippen LogP contribution < -0.4 is 5.32 Å². The van der Waals surface area contributed by atoms with E-state index >= 15 is 0 Å². The monoisotopic (exact) mass is 294 g/mol. The molecule has 0 bridgehead atoms. The first kappa shape index (κ1) is 12.4. The van der Waals surface area contributed by atoms with Crippen LogP contribution in [0.5, 0.6) is 0 Å². The third-order valence-electron chi connectivity index (χ3n) is 2.95. The van der Waals surface area contributed by atoms with Gasteiger partial charge in [-0.2, -0.15) is 5.26 Å². The van der Waals surface area contributed by atoms with Gasteiger partial charge in [0.1, 0.15) is 0 Å². The lowest BCUT2D eigenvalue weighted by Crippen LogP contribution is -2.40. The second-order valence-corrected chi connectivity index (χ2v) is 5.05. The van der Waals surface area contributed by atoms with E-state index in [4.69, 9.17) is 10.00 Å². The van der Waals surface area contributed by atoms with Gasteiger partial charge in [0.2, 0.25) is 0 Å². The fourth-order valence-electron chi connectivity index (χ4n) is 1.98. The zero-order valence-corrected chi connectivity index (χ0v) is 11.3. The van der Waals surface area contributed by atoms with Gasteiger partial charge in [-0.1, -0.05) is 0 Å². The van der Waals surface area contributed by atoms with E-state index in [1.54, 1.807) is 0 Å². The fourth-order valence-corrected chi connectivity index (χ4v) is 2.47. The van der Waals surface area contributed by atoms with E-state index in [0.717, 1.165) is 29.6 Å². The Kier molecular flexibility index (Phi) is 4.03. The topological polar surface area (TPSA) is 45.0 Å². The van der Waals surface area contributed by atoms with Crippen LogP contribution >= 0.6 is 15.9 Å². The van der Waals surface area contributed by atoms with Gasteiger partial charge in [-0.15, -0.1) is 0 Å². The van der Waals surface area contributed by atoms with Crippen LogP contribution in [-0.4, -0.2) is 18.8 Å². The maximum absolute atomic E-state index is 8.78. The second-order valence-electron chi connectivity index (χ2n) is 4.20. The van der Waals surface area contributed by atoms with E-state index in [1.165, 1.54) is 0 Å². The Labute approximate surface area is 110 Å². The molecule has 0 heterocycles. The summed E-state index contributed by atoms with van der Waals surface area (Å²) in [4.78, 5) is 0. The molecule has 1 aromatic rings. The molecule has 2 rings (SSSR count). The quantitative estimate of drug-likeness (QED) is 0.927. The van der Waals surface area contributed by atoms with Crippen molar-refractivity contribution >= 4 is 21.6 Å². The van der Waals surface area contributed by atoms with Gasteiger partial charge in [-0.05, 0) is 53.9 Å². The summed E-state index contributed by atoms with van der Waals surface area (Å²) >= 11 is 3.47. The molecular formula is C13H15BrN2O. The van der Waals surface area contributed by atoms with E-state index < -0.39 is 0 Å². The lowest BCUT2D eigenvalue weighted by molar-refractivity contribution is 0.00298. The second kappa shape index (κ2) is 5.52. The standard InChI is InChI=1S/C13H15BrN2O/c1-2-17-11-6-10(7-11)16-13-4-3-9(8-15)5-12(13)14/h3-5,10-11,16H,2,6-7H2,1H3. The molecule has 0 amide bonds. The molecule has 0 aliphatic heterocycles. The van der Waals surface area contributed by atoms with Crippen LogP contribution in [0.25, 0.3) is 0 Å². The maximum atomic E-state index is 8.78. The average Bonchev–Trinajstić information content (AvgIpc) is 2.28. The van der Waals surface area contributed by atoms with Crippen molar-refractivity contribution in [3.8, 4) is 6.07 Å². The Bertz CT molecular complexity index is 436. The van der Waals surface area contributed by atoms with E-state index in [0.29, 0.717) is 17.7 Å². The summed E-state index contributed by atoms with van der Waals surface area (Å²) in [6.07, 6.45) is 2.52. The third-order valence-corrected chi connectivity index (χ3v) is 3.61. The number of ether oxygens (including phenoxy) is 1. The minimum atomic E-state index is 0.412. The maximum Gasteiger partial charge on any atom is 0.0992 e.